The third-order valence-corrected chi connectivity index (χ3v) is 3.75. The normalized spacial score (nSPS) is 11.3. The molecule has 0 unspecified atom stereocenters. The van der Waals surface area contributed by atoms with E-state index in [0.29, 0.717) is 13.2 Å². The van der Waals surface area contributed by atoms with E-state index in [0.717, 1.165) is 29.2 Å². The number of aryl methyl sites for hydroxylation is 1. The Hall–Kier alpha value is -2.16. The van der Waals surface area contributed by atoms with E-state index < -0.39 is 0 Å². The van der Waals surface area contributed by atoms with Crippen molar-refractivity contribution < 1.29 is 9.47 Å². The van der Waals surface area contributed by atoms with Crippen LogP contribution in [0.25, 0.3) is 0 Å². The first kappa shape index (κ1) is 17.2. The van der Waals surface area contributed by atoms with Crippen molar-refractivity contribution in [3.63, 3.8) is 0 Å². The molecule has 0 aromatic heterocycles. The molecule has 0 atom stereocenters. The van der Waals surface area contributed by atoms with E-state index >= 15 is 0 Å². The minimum atomic E-state index is 0.168. The van der Waals surface area contributed by atoms with Crippen LogP contribution in [-0.2, 0) is 5.41 Å². The van der Waals surface area contributed by atoms with Crippen molar-refractivity contribution in [3.05, 3.63) is 53.6 Å². The van der Waals surface area contributed by atoms with Gasteiger partial charge < -0.3 is 15.2 Å². The summed E-state index contributed by atoms with van der Waals surface area (Å²) in [6.07, 6.45) is 0.829. The third-order valence-electron chi connectivity index (χ3n) is 3.75. The smallest absolute Gasteiger partial charge is 0.124 e. The monoisotopic (exact) mass is 313 g/mol. The van der Waals surface area contributed by atoms with Gasteiger partial charge in [-0.25, -0.2) is 0 Å². The Morgan fingerprint density at radius 3 is 2.22 bits per heavy atom. The van der Waals surface area contributed by atoms with Gasteiger partial charge in [-0.05, 0) is 41.7 Å². The van der Waals surface area contributed by atoms with Gasteiger partial charge in [-0.15, -0.1) is 0 Å². The molecule has 0 aliphatic rings. The van der Waals surface area contributed by atoms with Crippen LogP contribution in [0.4, 0.5) is 5.69 Å². The number of hydrogen-bond acceptors (Lipinski definition) is 3. The molecule has 2 rings (SSSR count). The van der Waals surface area contributed by atoms with Gasteiger partial charge in [0.2, 0.25) is 0 Å². The molecule has 3 nitrogen and oxygen atoms in total. The Morgan fingerprint density at radius 2 is 1.57 bits per heavy atom. The molecule has 0 aliphatic heterocycles. The van der Waals surface area contributed by atoms with Crippen LogP contribution in [0.3, 0.4) is 0 Å². The van der Waals surface area contributed by atoms with Gasteiger partial charge in [0.1, 0.15) is 11.5 Å². The Morgan fingerprint density at radius 1 is 0.913 bits per heavy atom. The van der Waals surface area contributed by atoms with E-state index in [1.54, 1.807) is 0 Å². The van der Waals surface area contributed by atoms with Crippen LogP contribution in [0, 0.1) is 6.92 Å². The fourth-order valence-electron chi connectivity index (χ4n) is 2.25. The van der Waals surface area contributed by atoms with Crippen molar-refractivity contribution in [2.45, 2.75) is 39.5 Å². The third kappa shape index (κ3) is 5.20. The van der Waals surface area contributed by atoms with Gasteiger partial charge in [-0.1, -0.05) is 39.0 Å². The maximum Gasteiger partial charge on any atom is 0.124 e. The van der Waals surface area contributed by atoms with Crippen LogP contribution in [-0.4, -0.2) is 13.2 Å². The van der Waals surface area contributed by atoms with Gasteiger partial charge in [0, 0.05) is 18.2 Å². The fraction of sp³-hybridized carbons (Fsp3) is 0.400. The van der Waals surface area contributed by atoms with Crippen molar-refractivity contribution in [1.82, 2.24) is 0 Å². The van der Waals surface area contributed by atoms with E-state index in [-0.39, 0.29) is 5.41 Å². The highest BCUT2D eigenvalue weighted by Gasteiger charge is 2.12. The molecule has 2 N–H and O–H groups in total. The van der Waals surface area contributed by atoms with Crippen molar-refractivity contribution in [2.24, 2.45) is 0 Å². The summed E-state index contributed by atoms with van der Waals surface area (Å²) in [5.74, 6) is 1.75. The highest BCUT2D eigenvalue weighted by molar-refractivity contribution is 5.47. The number of nitrogen functional groups attached to an aromatic ring is 1. The summed E-state index contributed by atoms with van der Waals surface area (Å²) in [7, 11) is 0. The van der Waals surface area contributed by atoms with Crippen molar-refractivity contribution in [3.8, 4) is 11.5 Å². The van der Waals surface area contributed by atoms with Crippen LogP contribution in [0.5, 0.6) is 11.5 Å². The standard InChI is InChI=1S/C20H27NO2/c1-15-6-9-17(21)14-19(15)23-13-5-12-22-18-10-7-16(8-11-18)20(2,3)4/h6-11,14H,5,12-13,21H2,1-4H3. The Balaban J connectivity index is 1.74. The molecule has 0 bridgehead atoms. The van der Waals surface area contributed by atoms with Crippen LogP contribution < -0.4 is 15.2 Å². The molecule has 0 spiro atoms. The molecule has 124 valence electrons. The SMILES string of the molecule is Cc1ccc(N)cc1OCCCOc1ccc(C(C)(C)C)cc1. The summed E-state index contributed by atoms with van der Waals surface area (Å²) in [4.78, 5) is 0. The zero-order valence-electron chi connectivity index (χ0n) is 14.6. The predicted octanol–water partition coefficient (Wildman–Crippen LogP) is 4.72. The molecule has 3 heteroatoms. The van der Waals surface area contributed by atoms with E-state index in [1.165, 1.54) is 5.56 Å². The molecular weight excluding hydrogens is 286 g/mol. The highest BCUT2D eigenvalue weighted by atomic mass is 16.5. The van der Waals surface area contributed by atoms with Gasteiger partial charge in [-0.3, -0.25) is 0 Å². The van der Waals surface area contributed by atoms with Crippen LogP contribution in [0.15, 0.2) is 42.5 Å². The number of anilines is 1. The lowest BCUT2D eigenvalue weighted by Gasteiger charge is -2.19. The lowest BCUT2D eigenvalue weighted by atomic mass is 9.87. The number of hydrogen-bond donors (Lipinski definition) is 1. The molecule has 0 saturated heterocycles. The first-order valence-electron chi connectivity index (χ1n) is 8.08. The van der Waals surface area contributed by atoms with Crippen LogP contribution >= 0.6 is 0 Å². The molecule has 0 fully saturated rings. The molecule has 0 heterocycles. The fourth-order valence-corrected chi connectivity index (χ4v) is 2.25. The number of rotatable bonds is 6. The maximum absolute atomic E-state index is 5.77. The van der Waals surface area contributed by atoms with Crippen molar-refractivity contribution >= 4 is 5.69 Å². The molecule has 0 radical (unpaired) electrons. The summed E-state index contributed by atoms with van der Waals surface area (Å²) >= 11 is 0. The van der Waals surface area contributed by atoms with Gasteiger partial charge in [0.05, 0.1) is 13.2 Å². The predicted molar refractivity (Wildman–Crippen MR) is 96.3 cm³/mol. The molecule has 0 amide bonds. The van der Waals surface area contributed by atoms with Gasteiger partial charge in [0.25, 0.3) is 0 Å². The molecule has 2 aromatic carbocycles. The lowest BCUT2D eigenvalue weighted by Crippen LogP contribution is -2.10. The number of nitrogens with two attached hydrogens (primary N) is 1. The molecule has 2 aromatic rings. The Bertz CT molecular complexity index is 627. The second-order valence-corrected chi connectivity index (χ2v) is 6.85. The highest BCUT2D eigenvalue weighted by Crippen LogP contribution is 2.24. The first-order chi connectivity index (χ1) is 10.9. The first-order valence-corrected chi connectivity index (χ1v) is 8.08. The topological polar surface area (TPSA) is 44.5 Å². The number of benzene rings is 2. The minimum Gasteiger partial charge on any atom is -0.493 e. The molecular formula is C20H27NO2. The summed E-state index contributed by atoms with van der Waals surface area (Å²) in [6.45, 7) is 9.89. The second kappa shape index (κ2) is 7.40. The van der Waals surface area contributed by atoms with Crippen molar-refractivity contribution in [1.29, 1.82) is 0 Å². The average molecular weight is 313 g/mol. The van der Waals surface area contributed by atoms with E-state index in [2.05, 4.69) is 32.9 Å². The average Bonchev–Trinajstić information content (AvgIpc) is 2.50. The lowest BCUT2D eigenvalue weighted by molar-refractivity contribution is 0.246. The van der Waals surface area contributed by atoms with E-state index in [1.807, 2.05) is 37.3 Å². The van der Waals surface area contributed by atoms with E-state index in [9.17, 15) is 0 Å². The largest absolute Gasteiger partial charge is 0.493 e. The second-order valence-electron chi connectivity index (χ2n) is 6.85. The van der Waals surface area contributed by atoms with E-state index in [4.69, 9.17) is 15.2 Å². The minimum absolute atomic E-state index is 0.168. The summed E-state index contributed by atoms with van der Waals surface area (Å²) in [5.41, 5.74) is 9.07. The molecule has 23 heavy (non-hydrogen) atoms. The Kier molecular flexibility index (Phi) is 5.54. The molecule has 0 saturated carbocycles. The summed E-state index contributed by atoms with van der Waals surface area (Å²) in [5, 5.41) is 0. The van der Waals surface area contributed by atoms with Gasteiger partial charge in [0.15, 0.2) is 0 Å². The quantitative estimate of drug-likeness (QED) is 0.620. The zero-order chi connectivity index (χ0) is 16.9. The number of ether oxygens (including phenoxy) is 2. The summed E-state index contributed by atoms with van der Waals surface area (Å²) in [6, 6.07) is 14.0. The maximum atomic E-state index is 5.77. The van der Waals surface area contributed by atoms with Gasteiger partial charge in [-0.2, -0.15) is 0 Å². The zero-order valence-corrected chi connectivity index (χ0v) is 14.6. The molecule has 0 aliphatic carbocycles. The summed E-state index contributed by atoms with van der Waals surface area (Å²) < 4.78 is 11.5. The van der Waals surface area contributed by atoms with Crippen molar-refractivity contribution in [2.75, 3.05) is 18.9 Å². The van der Waals surface area contributed by atoms with Crippen LogP contribution in [0.2, 0.25) is 0 Å². The Labute approximate surface area is 139 Å². The van der Waals surface area contributed by atoms with Gasteiger partial charge >= 0.3 is 0 Å². The van der Waals surface area contributed by atoms with Crippen LogP contribution in [0.1, 0.15) is 38.3 Å².